The van der Waals surface area contributed by atoms with E-state index in [1.807, 2.05) is 10.7 Å². The van der Waals surface area contributed by atoms with Gasteiger partial charge in [0.15, 0.2) is 5.82 Å². The van der Waals surface area contributed by atoms with Crippen LogP contribution < -0.4 is 10.6 Å². The Bertz CT molecular complexity index is 641. The predicted molar refractivity (Wildman–Crippen MR) is 91.0 cm³/mol. The van der Waals surface area contributed by atoms with Crippen LogP contribution in [0.4, 0.5) is 5.82 Å². The smallest absolute Gasteiger partial charge is 0.154 e. The fourth-order valence-electron chi connectivity index (χ4n) is 2.18. The normalized spacial score (nSPS) is 11.8. The number of nitrogens with zero attached hydrogens (tertiary/aromatic N) is 4. The van der Waals surface area contributed by atoms with Crippen LogP contribution in [0, 0.1) is 0 Å². The average Bonchev–Trinajstić information content (AvgIpc) is 2.83. The highest BCUT2D eigenvalue weighted by molar-refractivity contribution is 7.80. The Morgan fingerprint density at radius 3 is 2.71 bits per heavy atom. The number of nitrogens with two attached hydrogens (primary N) is 1. The van der Waals surface area contributed by atoms with E-state index in [-0.39, 0.29) is 5.41 Å². The zero-order valence-corrected chi connectivity index (χ0v) is 13.9. The molecular weight excluding hydrogens is 282 g/mol. The van der Waals surface area contributed by atoms with Gasteiger partial charge in [-0.2, -0.15) is 5.10 Å². The summed E-state index contributed by atoms with van der Waals surface area (Å²) in [5.74, 6) is 0.930. The van der Waals surface area contributed by atoms with Gasteiger partial charge in [0.05, 0.1) is 10.7 Å². The highest BCUT2D eigenvalue weighted by Gasteiger charge is 2.20. The molecule has 0 spiro atoms. The highest BCUT2D eigenvalue weighted by Crippen LogP contribution is 2.26. The lowest BCUT2D eigenvalue weighted by Gasteiger charge is -2.22. The standard InChI is InChI=1S/C15H23N5S/c1-5-19(8-6-13(16)21)14-11-10-12(15(2,3)4)18-20(11)9-7-17-14/h7,9-10H,5-6,8H2,1-4H3,(H2,16,21). The first-order valence-corrected chi connectivity index (χ1v) is 7.62. The largest absolute Gasteiger partial charge is 0.393 e. The first-order valence-electron chi connectivity index (χ1n) is 7.21. The number of hydrogen-bond acceptors (Lipinski definition) is 4. The summed E-state index contributed by atoms with van der Waals surface area (Å²) in [6, 6.07) is 2.12. The van der Waals surface area contributed by atoms with E-state index in [9.17, 15) is 0 Å². The van der Waals surface area contributed by atoms with Crippen molar-refractivity contribution < 1.29 is 0 Å². The van der Waals surface area contributed by atoms with Crippen LogP contribution in [0.1, 0.15) is 39.8 Å². The van der Waals surface area contributed by atoms with E-state index >= 15 is 0 Å². The maximum absolute atomic E-state index is 5.61. The van der Waals surface area contributed by atoms with Crippen molar-refractivity contribution in [2.75, 3.05) is 18.0 Å². The van der Waals surface area contributed by atoms with Gasteiger partial charge in [-0.3, -0.25) is 0 Å². The van der Waals surface area contributed by atoms with Crippen LogP contribution in [0.15, 0.2) is 18.5 Å². The fraction of sp³-hybridized carbons (Fsp3) is 0.533. The second-order valence-electron chi connectivity index (χ2n) is 6.16. The molecule has 0 bridgehead atoms. The Kier molecular flexibility index (Phi) is 4.46. The van der Waals surface area contributed by atoms with Gasteiger partial charge < -0.3 is 10.6 Å². The van der Waals surface area contributed by atoms with E-state index in [0.717, 1.165) is 30.1 Å². The highest BCUT2D eigenvalue weighted by atomic mass is 32.1. The third kappa shape index (κ3) is 3.50. The van der Waals surface area contributed by atoms with Crippen molar-refractivity contribution in [3.05, 3.63) is 24.2 Å². The molecule has 2 rings (SSSR count). The summed E-state index contributed by atoms with van der Waals surface area (Å²) in [6.45, 7) is 10.2. The van der Waals surface area contributed by atoms with E-state index in [0.29, 0.717) is 11.4 Å². The molecule has 0 radical (unpaired) electrons. The molecule has 2 aromatic heterocycles. The SMILES string of the molecule is CCN(CCC(N)=S)c1nccn2nc(C(C)(C)C)cc12. The molecule has 0 aromatic carbocycles. The van der Waals surface area contributed by atoms with Crippen LogP contribution in [0.2, 0.25) is 0 Å². The van der Waals surface area contributed by atoms with E-state index in [4.69, 9.17) is 18.0 Å². The molecule has 2 N–H and O–H groups in total. The topological polar surface area (TPSA) is 59.5 Å². The molecule has 0 saturated heterocycles. The van der Waals surface area contributed by atoms with Crippen molar-refractivity contribution in [2.24, 2.45) is 5.73 Å². The first-order chi connectivity index (χ1) is 9.82. The molecule has 2 aromatic rings. The summed E-state index contributed by atoms with van der Waals surface area (Å²) < 4.78 is 1.90. The monoisotopic (exact) mass is 305 g/mol. The number of rotatable bonds is 5. The molecular formula is C15H23N5S. The van der Waals surface area contributed by atoms with Gasteiger partial charge in [0, 0.05) is 37.3 Å². The summed E-state index contributed by atoms with van der Waals surface area (Å²) in [7, 11) is 0. The third-order valence-corrected chi connectivity index (χ3v) is 3.65. The molecule has 0 fully saturated rings. The van der Waals surface area contributed by atoms with Gasteiger partial charge in [-0.05, 0) is 13.0 Å². The number of hydrogen-bond donors (Lipinski definition) is 1. The number of fused-ring (bicyclic) bond motifs is 1. The zero-order chi connectivity index (χ0) is 15.6. The van der Waals surface area contributed by atoms with Crippen LogP contribution in [0.3, 0.4) is 0 Å². The van der Waals surface area contributed by atoms with Gasteiger partial charge in [0.25, 0.3) is 0 Å². The summed E-state index contributed by atoms with van der Waals surface area (Å²) in [4.78, 5) is 7.25. The molecule has 0 aliphatic carbocycles. The number of anilines is 1. The molecule has 6 heteroatoms. The molecule has 0 aliphatic rings. The minimum absolute atomic E-state index is 0.0131. The Morgan fingerprint density at radius 2 is 2.14 bits per heavy atom. The maximum atomic E-state index is 5.61. The number of aromatic nitrogens is 3. The van der Waals surface area contributed by atoms with E-state index < -0.39 is 0 Å². The summed E-state index contributed by atoms with van der Waals surface area (Å²) in [5, 5.41) is 4.66. The van der Waals surface area contributed by atoms with Gasteiger partial charge in [0.2, 0.25) is 0 Å². The van der Waals surface area contributed by atoms with Gasteiger partial charge in [-0.25, -0.2) is 9.50 Å². The molecule has 0 saturated carbocycles. The van der Waals surface area contributed by atoms with Crippen LogP contribution in [-0.2, 0) is 5.41 Å². The van der Waals surface area contributed by atoms with Crippen molar-refractivity contribution >= 4 is 28.5 Å². The predicted octanol–water partition coefficient (Wildman–Crippen LogP) is 2.53. The molecule has 0 unspecified atom stereocenters. The van der Waals surface area contributed by atoms with Gasteiger partial charge >= 0.3 is 0 Å². The van der Waals surface area contributed by atoms with Gasteiger partial charge in [0.1, 0.15) is 5.52 Å². The maximum Gasteiger partial charge on any atom is 0.154 e. The van der Waals surface area contributed by atoms with Gasteiger partial charge in [-0.15, -0.1) is 0 Å². The molecule has 0 atom stereocenters. The van der Waals surface area contributed by atoms with Crippen LogP contribution in [0.25, 0.3) is 5.52 Å². The van der Waals surface area contributed by atoms with Crippen molar-refractivity contribution in [3.63, 3.8) is 0 Å². The van der Waals surface area contributed by atoms with Crippen LogP contribution in [-0.4, -0.2) is 32.7 Å². The minimum Gasteiger partial charge on any atom is -0.393 e. The zero-order valence-electron chi connectivity index (χ0n) is 13.1. The quantitative estimate of drug-likeness (QED) is 0.860. The molecule has 2 heterocycles. The lowest BCUT2D eigenvalue weighted by atomic mass is 9.92. The Balaban J connectivity index is 2.42. The third-order valence-electron chi connectivity index (χ3n) is 3.45. The summed E-state index contributed by atoms with van der Waals surface area (Å²) in [6.07, 6.45) is 4.35. The first kappa shape index (κ1) is 15.7. The van der Waals surface area contributed by atoms with Crippen molar-refractivity contribution in [2.45, 2.75) is 39.5 Å². The average molecular weight is 305 g/mol. The summed E-state index contributed by atoms with van der Waals surface area (Å²) >= 11 is 4.97. The van der Waals surface area contributed by atoms with Crippen LogP contribution in [0.5, 0.6) is 0 Å². The molecule has 114 valence electrons. The molecule has 21 heavy (non-hydrogen) atoms. The van der Waals surface area contributed by atoms with Crippen LogP contribution >= 0.6 is 12.2 Å². The molecule has 0 amide bonds. The van der Waals surface area contributed by atoms with Crippen molar-refractivity contribution in [1.29, 1.82) is 0 Å². The minimum atomic E-state index is 0.0131. The lowest BCUT2D eigenvalue weighted by molar-refractivity contribution is 0.562. The Hall–Kier alpha value is -1.69. The lowest BCUT2D eigenvalue weighted by Crippen LogP contribution is -2.28. The van der Waals surface area contributed by atoms with E-state index in [1.54, 1.807) is 6.20 Å². The fourth-order valence-corrected chi connectivity index (χ4v) is 2.27. The second kappa shape index (κ2) is 5.97. The summed E-state index contributed by atoms with van der Waals surface area (Å²) in [5.41, 5.74) is 7.71. The molecule has 0 aliphatic heterocycles. The van der Waals surface area contributed by atoms with E-state index in [1.165, 1.54) is 0 Å². The van der Waals surface area contributed by atoms with Crippen molar-refractivity contribution in [1.82, 2.24) is 14.6 Å². The number of thiocarbonyl (C=S) groups is 1. The second-order valence-corrected chi connectivity index (χ2v) is 6.68. The van der Waals surface area contributed by atoms with Crippen molar-refractivity contribution in [3.8, 4) is 0 Å². The van der Waals surface area contributed by atoms with Gasteiger partial charge in [-0.1, -0.05) is 33.0 Å². The van der Waals surface area contributed by atoms with E-state index in [2.05, 4.69) is 48.7 Å². The molecule has 5 nitrogen and oxygen atoms in total. The Morgan fingerprint density at radius 1 is 1.43 bits per heavy atom. The Labute approximate surface area is 131 Å².